The number of fused-ring (bicyclic) bond motifs is 1. The van der Waals surface area contributed by atoms with Gasteiger partial charge in [0.05, 0.1) is 16.3 Å². The van der Waals surface area contributed by atoms with E-state index in [1.165, 1.54) is 4.57 Å². The van der Waals surface area contributed by atoms with E-state index in [-0.39, 0.29) is 25.4 Å². The van der Waals surface area contributed by atoms with Crippen LogP contribution < -0.4 is 16.6 Å². The van der Waals surface area contributed by atoms with Gasteiger partial charge in [-0.3, -0.25) is 23.9 Å². The quantitative estimate of drug-likeness (QED) is 0.703. The maximum atomic E-state index is 12.2. The number of aromatic nitrogens is 2. The summed E-state index contributed by atoms with van der Waals surface area (Å²) < 4.78 is 1.35. The summed E-state index contributed by atoms with van der Waals surface area (Å²) in [6.07, 6.45) is 3.86. The molecule has 1 fully saturated rings. The van der Waals surface area contributed by atoms with E-state index < -0.39 is 22.6 Å². The molecular weight excluding hydrogens is 350 g/mol. The fraction of sp³-hybridized carbons (Fsp3) is 0.474. The number of aromatic amines is 1. The lowest BCUT2D eigenvalue weighted by Gasteiger charge is -2.33. The summed E-state index contributed by atoms with van der Waals surface area (Å²) in [6, 6.07) is 6.70. The Morgan fingerprint density at radius 1 is 1.15 bits per heavy atom. The van der Waals surface area contributed by atoms with E-state index in [1.54, 1.807) is 24.3 Å². The molecule has 0 radical (unpaired) electrons. The minimum Gasteiger partial charge on any atom is -0.481 e. The van der Waals surface area contributed by atoms with Gasteiger partial charge in [-0.25, -0.2) is 4.79 Å². The molecule has 1 amide bonds. The second-order valence-corrected chi connectivity index (χ2v) is 7.10. The fourth-order valence-electron chi connectivity index (χ4n) is 3.73. The van der Waals surface area contributed by atoms with Crippen molar-refractivity contribution >= 4 is 22.8 Å². The number of carboxylic acid groups (broad SMARTS) is 1. The average molecular weight is 373 g/mol. The number of carbonyl (C=O) groups excluding carboxylic acids is 1. The van der Waals surface area contributed by atoms with Crippen LogP contribution in [0.2, 0.25) is 0 Å². The molecule has 2 aromatic rings. The highest BCUT2D eigenvalue weighted by Crippen LogP contribution is 2.36. The lowest BCUT2D eigenvalue weighted by molar-refractivity contribution is -0.151. The second-order valence-electron chi connectivity index (χ2n) is 7.10. The van der Waals surface area contributed by atoms with Crippen molar-refractivity contribution in [2.75, 3.05) is 6.54 Å². The summed E-state index contributed by atoms with van der Waals surface area (Å²) in [5.41, 5.74) is -1.46. The number of H-pyrrole nitrogens is 1. The Bertz CT molecular complexity index is 969. The van der Waals surface area contributed by atoms with Crippen LogP contribution in [-0.4, -0.2) is 33.1 Å². The van der Waals surface area contributed by atoms with Gasteiger partial charge in [0.25, 0.3) is 5.56 Å². The highest BCUT2D eigenvalue weighted by molar-refractivity contribution is 5.80. The van der Waals surface area contributed by atoms with Crippen molar-refractivity contribution in [2.45, 2.75) is 45.1 Å². The van der Waals surface area contributed by atoms with E-state index >= 15 is 0 Å². The van der Waals surface area contributed by atoms with Gasteiger partial charge in [0.2, 0.25) is 5.91 Å². The van der Waals surface area contributed by atoms with Crippen molar-refractivity contribution in [2.24, 2.45) is 5.41 Å². The van der Waals surface area contributed by atoms with E-state index in [0.717, 1.165) is 19.3 Å². The first-order valence-electron chi connectivity index (χ1n) is 9.15. The molecule has 1 aliphatic carbocycles. The number of aryl methyl sites for hydroxylation is 1. The van der Waals surface area contributed by atoms with Crippen LogP contribution in [0.3, 0.4) is 0 Å². The molecule has 0 saturated heterocycles. The van der Waals surface area contributed by atoms with Gasteiger partial charge >= 0.3 is 11.7 Å². The Labute approximate surface area is 155 Å². The number of para-hydroxylation sites is 1. The Balaban J connectivity index is 1.68. The molecule has 0 aliphatic heterocycles. The molecule has 1 aromatic carbocycles. The Morgan fingerprint density at radius 3 is 2.56 bits per heavy atom. The number of carboxylic acids is 1. The first-order chi connectivity index (χ1) is 12.9. The SMILES string of the molecule is O=C(CCn1c(=O)[nH]c(=O)c2ccccc21)NCC1(C(=O)O)CCCCC1. The highest BCUT2D eigenvalue weighted by Gasteiger charge is 2.39. The van der Waals surface area contributed by atoms with Gasteiger partial charge in [0.1, 0.15) is 0 Å². The number of benzene rings is 1. The molecule has 3 rings (SSSR count). The first-order valence-corrected chi connectivity index (χ1v) is 9.15. The number of amides is 1. The number of aliphatic carboxylic acids is 1. The maximum Gasteiger partial charge on any atom is 0.328 e. The van der Waals surface area contributed by atoms with Crippen LogP contribution >= 0.6 is 0 Å². The third-order valence-electron chi connectivity index (χ3n) is 5.36. The van der Waals surface area contributed by atoms with Crippen molar-refractivity contribution in [1.82, 2.24) is 14.9 Å². The van der Waals surface area contributed by atoms with Crippen LogP contribution in [0.1, 0.15) is 38.5 Å². The lowest BCUT2D eigenvalue weighted by atomic mass is 9.74. The standard InChI is InChI=1S/C19H23N3O5/c23-15(20-12-19(17(25)26)9-4-1-5-10-19)8-11-22-14-7-3-2-6-13(14)16(24)21-18(22)27/h2-3,6-7H,1,4-5,8-12H2,(H,20,23)(H,25,26)(H,21,24,27). The molecule has 0 atom stereocenters. The topological polar surface area (TPSA) is 121 Å². The van der Waals surface area contributed by atoms with E-state index in [4.69, 9.17) is 0 Å². The van der Waals surface area contributed by atoms with Gasteiger partial charge in [-0.1, -0.05) is 31.4 Å². The Kier molecular flexibility index (Phi) is 5.43. The summed E-state index contributed by atoms with van der Waals surface area (Å²) in [4.78, 5) is 50.1. The summed E-state index contributed by atoms with van der Waals surface area (Å²) in [5, 5.41) is 12.7. The normalized spacial score (nSPS) is 16.1. The summed E-state index contributed by atoms with van der Waals surface area (Å²) >= 11 is 0. The van der Waals surface area contributed by atoms with Gasteiger partial charge < -0.3 is 10.4 Å². The number of hydrogen-bond acceptors (Lipinski definition) is 4. The van der Waals surface area contributed by atoms with E-state index in [9.17, 15) is 24.3 Å². The van der Waals surface area contributed by atoms with Crippen molar-refractivity contribution in [3.05, 3.63) is 45.1 Å². The van der Waals surface area contributed by atoms with Crippen LogP contribution in [0, 0.1) is 5.41 Å². The van der Waals surface area contributed by atoms with Crippen molar-refractivity contribution in [3.63, 3.8) is 0 Å². The third-order valence-corrected chi connectivity index (χ3v) is 5.36. The van der Waals surface area contributed by atoms with Crippen molar-refractivity contribution < 1.29 is 14.7 Å². The smallest absolute Gasteiger partial charge is 0.328 e. The predicted octanol–water partition coefficient (Wildman–Crippen LogP) is 1.23. The van der Waals surface area contributed by atoms with Gasteiger partial charge in [-0.05, 0) is 25.0 Å². The lowest BCUT2D eigenvalue weighted by Crippen LogP contribution is -2.44. The average Bonchev–Trinajstić information content (AvgIpc) is 2.67. The third kappa shape index (κ3) is 3.94. The number of rotatable bonds is 6. The van der Waals surface area contributed by atoms with Gasteiger partial charge in [0.15, 0.2) is 0 Å². The van der Waals surface area contributed by atoms with Crippen LogP contribution in [0.4, 0.5) is 0 Å². The van der Waals surface area contributed by atoms with E-state index in [2.05, 4.69) is 10.3 Å². The van der Waals surface area contributed by atoms with Gasteiger partial charge in [-0.2, -0.15) is 0 Å². The van der Waals surface area contributed by atoms with Crippen LogP contribution in [-0.2, 0) is 16.1 Å². The van der Waals surface area contributed by atoms with Crippen molar-refractivity contribution in [1.29, 1.82) is 0 Å². The van der Waals surface area contributed by atoms with E-state index in [1.807, 2.05) is 0 Å². The molecule has 144 valence electrons. The molecule has 0 unspecified atom stereocenters. The number of nitrogens with one attached hydrogen (secondary N) is 2. The molecule has 1 saturated carbocycles. The molecule has 8 heteroatoms. The number of nitrogens with zero attached hydrogens (tertiary/aromatic N) is 1. The van der Waals surface area contributed by atoms with Crippen molar-refractivity contribution in [3.8, 4) is 0 Å². The highest BCUT2D eigenvalue weighted by atomic mass is 16.4. The zero-order valence-corrected chi connectivity index (χ0v) is 15.0. The summed E-state index contributed by atoms with van der Waals surface area (Å²) in [6.45, 7) is 0.199. The molecule has 0 spiro atoms. The minimum absolute atomic E-state index is 0.0195. The fourth-order valence-corrected chi connectivity index (χ4v) is 3.73. The Hall–Kier alpha value is -2.90. The monoisotopic (exact) mass is 373 g/mol. The van der Waals surface area contributed by atoms with Gasteiger partial charge in [-0.15, -0.1) is 0 Å². The summed E-state index contributed by atoms with van der Waals surface area (Å²) in [7, 11) is 0. The van der Waals surface area contributed by atoms with Crippen LogP contribution in [0.15, 0.2) is 33.9 Å². The number of carbonyl (C=O) groups is 2. The molecule has 1 aliphatic rings. The molecular formula is C19H23N3O5. The zero-order chi connectivity index (χ0) is 19.4. The second kappa shape index (κ2) is 7.77. The molecule has 1 heterocycles. The molecule has 8 nitrogen and oxygen atoms in total. The molecule has 0 bridgehead atoms. The first kappa shape index (κ1) is 18.9. The van der Waals surface area contributed by atoms with Crippen LogP contribution in [0.25, 0.3) is 10.9 Å². The molecule has 27 heavy (non-hydrogen) atoms. The van der Waals surface area contributed by atoms with Crippen LogP contribution in [0.5, 0.6) is 0 Å². The van der Waals surface area contributed by atoms with Gasteiger partial charge in [0, 0.05) is 19.5 Å². The molecule has 1 aromatic heterocycles. The number of hydrogen-bond donors (Lipinski definition) is 3. The summed E-state index contributed by atoms with van der Waals surface area (Å²) in [5.74, 6) is -1.19. The zero-order valence-electron chi connectivity index (χ0n) is 15.0. The predicted molar refractivity (Wildman–Crippen MR) is 99.6 cm³/mol. The minimum atomic E-state index is -0.893. The maximum absolute atomic E-state index is 12.2. The largest absolute Gasteiger partial charge is 0.481 e. The van der Waals surface area contributed by atoms with E-state index in [0.29, 0.717) is 23.7 Å². The molecule has 3 N–H and O–H groups in total. The Morgan fingerprint density at radius 2 is 1.85 bits per heavy atom.